The number of fused-ring (bicyclic) bond motifs is 1. The molecule has 0 saturated carbocycles. The van der Waals surface area contributed by atoms with Crippen molar-refractivity contribution in [2.45, 2.75) is 6.54 Å². The van der Waals surface area contributed by atoms with Crippen LogP contribution in [-0.4, -0.2) is 23.1 Å². The average Bonchev–Trinajstić information content (AvgIpc) is 2.28. The number of aromatic nitrogens is 2. The van der Waals surface area contributed by atoms with Crippen LogP contribution in [0.2, 0.25) is 5.28 Å². The lowest BCUT2D eigenvalue weighted by Crippen LogP contribution is -2.27. The SMILES string of the molecule is CNCCn1c(Cl)nc2cccc(Br)c2c1=O. The van der Waals surface area contributed by atoms with Crippen LogP contribution >= 0.6 is 27.5 Å². The molecule has 0 radical (unpaired) electrons. The second kappa shape index (κ2) is 5.16. The van der Waals surface area contributed by atoms with Gasteiger partial charge < -0.3 is 5.32 Å². The third-order valence-electron chi connectivity index (χ3n) is 2.47. The topological polar surface area (TPSA) is 46.9 Å². The van der Waals surface area contributed by atoms with Crippen molar-refractivity contribution in [3.05, 3.63) is 38.3 Å². The molecule has 2 rings (SSSR count). The molecule has 6 heteroatoms. The molecule has 2 aromatic rings. The Morgan fingerprint density at radius 1 is 1.53 bits per heavy atom. The highest BCUT2D eigenvalue weighted by atomic mass is 79.9. The number of rotatable bonds is 3. The van der Waals surface area contributed by atoms with Crippen LogP contribution in [0.15, 0.2) is 27.5 Å². The lowest BCUT2D eigenvalue weighted by Gasteiger charge is -2.09. The van der Waals surface area contributed by atoms with Gasteiger partial charge >= 0.3 is 0 Å². The van der Waals surface area contributed by atoms with E-state index in [4.69, 9.17) is 11.6 Å². The fourth-order valence-electron chi connectivity index (χ4n) is 1.61. The normalized spacial score (nSPS) is 11.0. The summed E-state index contributed by atoms with van der Waals surface area (Å²) in [6.45, 7) is 1.16. The first kappa shape index (κ1) is 12.5. The van der Waals surface area contributed by atoms with E-state index >= 15 is 0 Å². The predicted molar refractivity (Wildman–Crippen MR) is 72.6 cm³/mol. The number of halogens is 2. The van der Waals surface area contributed by atoms with E-state index in [1.807, 2.05) is 19.2 Å². The molecular weight excluding hydrogens is 305 g/mol. The number of nitrogens with one attached hydrogen (secondary N) is 1. The largest absolute Gasteiger partial charge is 0.318 e. The van der Waals surface area contributed by atoms with Gasteiger partial charge in [0, 0.05) is 17.6 Å². The molecule has 0 saturated heterocycles. The number of likely N-dealkylation sites (N-methyl/N-ethyl adjacent to an activating group) is 1. The fraction of sp³-hybridized carbons (Fsp3) is 0.273. The van der Waals surface area contributed by atoms with Gasteiger partial charge in [-0.25, -0.2) is 4.98 Å². The zero-order valence-corrected chi connectivity index (χ0v) is 11.5. The summed E-state index contributed by atoms with van der Waals surface area (Å²) in [4.78, 5) is 16.5. The molecule has 1 aromatic carbocycles. The Hall–Kier alpha value is -0.910. The van der Waals surface area contributed by atoms with Crippen LogP contribution in [0.5, 0.6) is 0 Å². The molecule has 0 fully saturated rings. The molecule has 1 aromatic heterocycles. The van der Waals surface area contributed by atoms with Crippen LogP contribution in [0.3, 0.4) is 0 Å². The van der Waals surface area contributed by atoms with Gasteiger partial charge in [-0.05, 0) is 46.7 Å². The quantitative estimate of drug-likeness (QED) is 0.882. The summed E-state index contributed by atoms with van der Waals surface area (Å²) >= 11 is 9.37. The maximum absolute atomic E-state index is 12.3. The third-order valence-corrected chi connectivity index (χ3v) is 3.42. The molecule has 0 atom stereocenters. The van der Waals surface area contributed by atoms with Crippen molar-refractivity contribution >= 4 is 38.4 Å². The Balaban J connectivity index is 2.70. The predicted octanol–water partition coefficient (Wildman–Crippen LogP) is 2.03. The zero-order chi connectivity index (χ0) is 12.4. The van der Waals surface area contributed by atoms with Crippen LogP contribution in [0.1, 0.15) is 0 Å². The van der Waals surface area contributed by atoms with E-state index < -0.39 is 0 Å². The van der Waals surface area contributed by atoms with Crippen LogP contribution in [0.25, 0.3) is 10.9 Å². The molecule has 90 valence electrons. The van der Waals surface area contributed by atoms with E-state index in [-0.39, 0.29) is 10.8 Å². The summed E-state index contributed by atoms with van der Waals surface area (Å²) in [5.74, 6) is 0. The van der Waals surface area contributed by atoms with Crippen molar-refractivity contribution < 1.29 is 0 Å². The highest BCUT2D eigenvalue weighted by Crippen LogP contribution is 2.20. The minimum absolute atomic E-state index is 0.122. The highest BCUT2D eigenvalue weighted by Gasteiger charge is 2.11. The Morgan fingerprint density at radius 2 is 2.29 bits per heavy atom. The molecule has 4 nitrogen and oxygen atoms in total. The lowest BCUT2D eigenvalue weighted by molar-refractivity contribution is 0.622. The van der Waals surface area contributed by atoms with Gasteiger partial charge in [-0.3, -0.25) is 9.36 Å². The first-order chi connectivity index (χ1) is 8.15. The monoisotopic (exact) mass is 315 g/mol. The number of nitrogens with zero attached hydrogens (tertiary/aromatic N) is 2. The Labute approximate surface area is 112 Å². The smallest absolute Gasteiger partial charge is 0.263 e. The molecule has 0 aliphatic rings. The number of hydrogen-bond donors (Lipinski definition) is 1. The van der Waals surface area contributed by atoms with E-state index in [1.165, 1.54) is 4.57 Å². The molecule has 0 aliphatic carbocycles. The Morgan fingerprint density at radius 3 is 3.00 bits per heavy atom. The summed E-state index contributed by atoms with van der Waals surface area (Å²) in [7, 11) is 1.82. The van der Waals surface area contributed by atoms with Crippen LogP contribution in [-0.2, 0) is 6.54 Å². The second-order valence-electron chi connectivity index (χ2n) is 3.58. The van der Waals surface area contributed by atoms with Crippen molar-refractivity contribution in [3.63, 3.8) is 0 Å². The minimum Gasteiger partial charge on any atom is -0.318 e. The molecule has 0 unspecified atom stereocenters. The van der Waals surface area contributed by atoms with Crippen molar-refractivity contribution in [1.82, 2.24) is 14.9 Å². The Bertz CT molecular complexity index is 611. The van der Waals surface area contributed by atoms with Crippen LogP contribution in [0, 0.1) is 0 Å². The van der Waals surface area contributed by atoms with E-state index in [2.05, 4.69) is 26.2 Å². The maximum Gasteiger partial charge on any atom is 0.263 e. The van der Waals surface area contributed by atoms with Crippen molar-refractivity contribution in [2.24, 2.45) is 0 Å². The summed E-state index contributed by atoms with van der Waals surface area (Å²) in [5, 5.41) is 3.76. The van der Waals surface area contributed by atoms with Crippen molar-refractivity contribution in [2.75, 3.05) is 13.6 Å². The zero-order valence-electron chi connectivity index (χ0n) is 9.20. The average molecular weight is 317 g/mol. The lowest BCUT2D eigenvalue weighted by atomic mass is 10.2. The van der Waals surface area contributed by atoms with Crippen molar-refractivity contribution in [1.29, 1.82) is 0 Å². The van der Waals surface area contributed by atoms with Crippen LogP contribution < -0.4 is 10.9 Å². The summed E-state index contributed by atoms with van der Waals surface area (Å²) in [5.41, 5.74) is 0.484. The molecular formula is C11H11BrClN3O. The molecule has 0 bridgehead atoms. The maximum atomic E-state index is 12.3. The number of benzene rings is 1. The number of hydrogen-bond acceptors (Lipinski definition) is 3. The van der Waals surface area contributed by atoms with Gasteiger partial charge in [0.1, 0.15) is 0 Å². The van der Waals surface area contributed by atoms with Gasteiger partial charge in [0.05, 0.1) is 10.9 Å². The standard InChI is InChI=1S/C11H11BrClN3O/c1-14-5-6-16-10(17)9-7(12)3-2-4-8(9)15-11(16)13/h2-4,14H,5-6H2,1H3. The third kappa shape index (κ3) is 2.36. The first-order valence-electron chi connectivity index (χ1n) is 5.14. The van der Waals surface area contributed by atoms with Crippen molar-refractivity contribution in [3.8, 4) is 0 Å². The summed E-state index contributed by atoms with van der Waals surface area (Å²) < 4.78 is 2.20. The molecule has 0 spiro atoms. The minimum atomic E-state index is -0.122. The van der Waals surface area contributed by atoms with Gasteiger partial charge in [0.2, 0.25) is 5.28 Å². The molecule has 1 N–H and O–H groups in total. The van der Waals surface area contributed by atoms with E-state index in [0.717, 1.165) is 4.47 Å². The van der Waals surface area contributed by atoms with E-state index in [1.54, 1.807) is 6.07 Å². The molecule has 1 heterocycles. The summed E-state index contributed by atoms with van der Waals surface area (Å²) in [6, 6.07) is 5.42. The van der Waals surface area contributed by atoms with Gasteiger partial charge in [-0.1, -0.05) is 6.07 Å². The molecule has 0 aliphatic heterocycles. The summed E-state index contributed by atoms with van der Waals surface area (Å²) in [6.07, 6.45) is 0. The van der Waals surface area contributed by atoms with Gasteiger partial charge in [-0.2, -0.15) is 0 Å². The van der Waals surface area contributed by atoms with Gasteiger partial charge in [-0.15, -0.1) is 0 Å². The molecule has 17 heavy (non-hydrogen) atoms. The van der Waals surface area contributed by atoms with E-state index in [0.29, 0.717) is 24.0 Å². The highest BCUT2D eigenvalue weighted by molar-refractivity contribution is 9.10. The van der Waals surface area contributed by atoms with Gasteiger partial charge in [0.15, 0.2) is 0 Å². The fourth-order valence-corrected chi connectivity index (χ4v) is 2.39. The molecule has 0 amide bonds. The van der Waals surface area contributed by atoms with E-state index in [9.17, 15) is 4.79 Å². The second-order valence-corrected chi connectivity index (χ2v) is 4.77. The first-order valence-corrected chi connectivity index (χ1v) is 6.31. The van der Waals surface area contributed by atoms with Crippen LogP contribution in [0.4, 0.5) is 0 Å². The Kier molecular flexibility index (Phi) is 3.81. The van der Waals surface area contributed by atoms with Gasteiger partial charge in [0.25, 0.3) is 5.56 Å².